The SMILES string of the molecule is O=C(O)CN(Cc1ccccc1)S(=O)(=O)c1c(F)c(F)c(F)c(F)c1F. The summed E-state index contributed by atoms with van der Waals surface area (Å²) in [5, 5.41) is 8.86. The van der Waals surface area contributed by atoms with Gasteiger partial charge in [-0.3, -0.25) is 4.79 Å². The fourth-order valence-corrected chi connectivity index (χ4v) is 3.59. The highest BCUT2D eigenvalue weighted by atomic mass is 32.2. The summed E-state index contributed by atoms with van der Waals surface area (Å²) in [6.45, 7) is -1.91. The molecular weight excluding hydrogens is 385 g/mol. The van der Waals surface area contributed by atoms with E-state index >= 15 is 0 Å². The molecule has 140 valence electrons. The van der Waals surface area contributed by atoms with Crippen molar-refractivity contribution in [3.05, 3.63) is 65.0 Å². The molecule has 0 aliphatic rings. The number of nitrogens with zero attached hydrogens (tertiary/aromatic N) is 1. The average Bonchev–Trinajstić information content (AvgIpc) is 2.58. The third-order valence-electron chi connectivity index (χ3n) is 3.28. The zero-order chi connectivity index (χ0) is 19.6. The number of sulfonamides is 1. The fraction of sp³-hybridized carbons (Fsp3) is 0.133. The maximum Gasteiger partial charge on any atom is 0.318 e. The summed E-state index contributed by atoms with van der Waals surface area (Å²) in [5.74, 6) is -14.2. The monoisotopic (exact) mass is 395 g/mol. The number of carbonyl (C=O) groups is 1. The largest absolute Gasteiger partial charge is 0.480 e. The quantitative estimate of drug-likeness (QED) is 0.464. The lowest BCUT2D eigenvalue weighted by Gasteiger charge is -2.21. The molecule has 0 atom stereocenters. The second-order valence-electron chi connectivity index (χ2n) is 5.05. The fourth-order valence-electron chi connectivity index (χ4n) is 2.10. The Kier molecular flexibility index (Phi) is 5.62. The molecule has 0 unspecified atom stereocenters. The molecule has 2 rings (SSSR count). The van der Waals surface area contributed by atoms with Gasteiger partial charge in [-0.05, 0) is 5.56 Å². The smallest absolute Gasteiger partial charge is 0.318 e. The van der Waals surface area contributed by atoms with E-state index in [0.717, 1.165) is 0 Å². The number of halogens is 5. The van der Waals surface area contributed by atoms with Crippen molar-refractivity contribution in [3.8, 4) is 0 Å². The first-order valence-electron chi connectivity index (χ1n) is 6.84. The molecule has 0 amide bonds. The van der Waals surface area contributed by atoms with Crippen LogP contribution in [0.25, 0.3) is 0 Å². The number of hydrogen-bond acceptors (Lipinski definition) is 3. The predicted octanol–water partition coefficient (Wildman–Crippen LogP) is 2.66. The highest BCUT2D eigenvalue weighted by molar-refractivity contribution is 7.89. The lowest BCUT2D eigenvalue weighted by molar-refractivity contribution is -0.137. The van der Waals surface area contributed by atoms with Gasteiger partial charge in [-0.2, -0.15) is 4.31 Å². The first-order valence-corrected chi connectivity index (χ1v) is 8.28. The van der Waals surface area contributed by atoms with Crippen LogP contribution in [0.1, 0.15) is 5.56 Å². The Morgan fingerprint density at radius 2 is 1.35 bits per heavy atom. The highest BCUT2D eigenvalue weighted by Gasteiger charge is 2.37. The second kappa shape index (κ2) is 7.38. The van der Waals surface area contributed by atoms with E-state index in [4.69, 9.17) is 5.11 Å². The molecule has 11 heteroatoms. The normalized spacial score (nSPS) is 11.8. The minimum atomic E-state index is -5.36. The number of carboxylic acid groups (broad SMARTS) is 1. The van der Waals surface area contributed by atoms with Gasteiger partial charge < -0.3 is 5.11 Å². The predicted molar refractivity (Wildman–Crippen MR) is 77.9 cm³/mol. The van der Waals surface area contributed by atoms with Gasteiger partial charge >= 0.3 is 5.97 Å². The van der Waals surface area contributed by atoms with Crippen LogP contribution in [-0.4, -0.2) is 30.3 Å². The Labute approximate surface area is 144 Å². The molecule has 0 fully saturated rings. The molecule has 0 aromatic heterocycles. The van der Waals surface area contributed by atoms with Crippen LogP contribution < -0.4 is 0 Å². The van der Waals surface area contributed by atoms with Crippen LogP contribution in [0.4, 0.5) is 22.0 Å². The van der Waals surface area contributed by atoms with Gasteiger partial charge in [-0.15, -0.1) is 0 Å². The third-order valence-corrected chi connectivity index (χ3v) is 5.09. The van der Waals surface area contributed by atoms with Gasteiger partial charge in [-0.1, -0.05) is 30.3 Å². The maximum absolute atomic E-state index is 13.9. The van der Waals surface area contributed by atoms with Crippen molar-refractivity contribution in [3.63, 3.8) is 0 Å². The van der Waals surface area contributed by atoms with Crippen LogP contribution >= 0.6 is 0 Å². The summed E-state index contributed by atoms with van der Waals surface area (Å²) in [5.41, 5.74) is 0.237. The lowest BCUT2D eigenvalue weighted by Crippen LogP contribution is -2.36. The van der Waals surface area contributed by atoms with Gasteiger partial charge in [0.25, 0.3) is 0 Å². The van der Waals surface area contributed by atoms with Gasteiger partial charge in [0.05, 0.1) is 0 Å². The molecule has 0 aliphatic carbocycles. The zero-order valence-electron chi connectivity index (χ0n) is 12.7. The van der Waals surface area contributed by atoms with E-state index in [2.05, 4.69) is 0 Å². The van der Waals surface area contributed by atoms with E-state index < -0.39 is 63.1 Å². The second-order valence-corrected chi connectivity index (χ2v) is 6.93. The van der Waals surface area contributed by atoms with Crippen molar-refractivity contribution in [2.24, 2.45) is 0 Å². The zero-order valence-corrected chi connectivity index (χ0v) is 13.5. The molecule has 0 spiro atoms. The molecular formula is C15H10F5NO4S. The van der Waals surface area contributed by atoms with E-state index in [1.165, 1.54) is 24.3 Å². The van der Waals surface area contributed by atoms with Gasteiger partial charge in [0, 0.05) is 6.54 Å². The first kappa shape index (κ1) is 19.8. The van der Waals surface area contributed by atoms with E-state index in [-0.39, 0.29) is 9.87 Å². The molecule has 5 nitrogen and oxygen atoms in total. The van der Waals surface area contributed by atoms with E-state index in [1.807, 2.05) is 0 Å². The van der Waals surface area contributed by atoms with Gasteiger partial charge in [0.1, 0.15) is 6.54 Å². The van der Waals surface area contributed by atoms with Gasteiger partial charge in [0.15, 0.2) is 28.2 Å². The van der Waals surface area contributed by atoms with E-state index in [9.17, 15) is 35.2 Å². The molecule has 0 saturated heterocycles. The maximum atomic E-state index is 13.9. The van der Waals surface area contributed by atoms with Crippen molar-refractivity contribution in [2.45, 2.75) is 11.4 Å². The molecule has 0 aliphatic heterocycles. The minimum Gasteiger partial charge on any atom is -0.480 e. The van der Waals surface area contributed by atoms with Crippen molar-refractivity contribution < 1.29 is 40.3 Å². The van der Waals surface area contributed by atoms with Crippen LogP contribution in [0, 0.1) is 29.1 Å². The van der Waals surface area contributed by atoms with Crippen molar-refractivity contribution >= 4 is 16.0 Å². The Bertz CT molecular complexity index is 921. The van der Waals surface area contributed by atoms with Crippen LogP contribution in [0.15, 0.2) is 35.2 Å². The van der Waals surface area contributed by atoms with Crippen molar-refractivity contribution in [1.29, 1.82) is 0 Å². The average molecular weight is 395 g/mol. The van der Waals surface area contributed by atoms with Crippen molar-refractivity contribution in [2.75, 3.05) is 6.54 Å². The van der Waals surface area contributed by atoms with E-state index in [1.54, 1.807) is 6.07 Å². The summed E-state index contributed by atoms with van der Waals surface area (Å²) in [7, 11) is -5.36. The summed E-state index contributed by atoms with van der Waals surface area (Å²) >= 11 is 0. The number of rotatable bonds is 6. The Morgan fingerprint density at radius 3 is 1.81 bits per heavy atom. The topological polar surface area (TPSA) is 74.7 Å². The molecule has 0 bridgehead atoms. The number of aliphatic carboxylic acids is 1. The number of benzene rings is 2. The van der Waals surface area contributed by atoms with Crippen LogP contribution in [0.2, 0.25) is 0 Å². The van der Waals surface area contributed by atoms with Crippen LogP contribution in [-0.2, 0) is 21.4 Å². The Hall–Kier alpha value is -2.53. The van der Waals surface area contributed by atoms with Crippen molar-refractivity contribution in [1.82, 2.24) is 4.31 Å². The first-order chi connectivity index (χ1) is 12.1. The standard InChI is InChI=1S/C15H10F5NO4S/c16-10-11(17)13(19)15(14(20)12(10)18)26(24,25)21(7-9(22)23)6-8-4-2-1-3-5-8/h1-5H,6-7H2,(H,22,23). The van der Waals surface area contributed by atoms with Crippen LogP contribution in [0.5, 0.6) is 0 Å². The molecule has 0 heterocycles. The highest BCUT2D eigenvalue weighted by Crippen LogP contribution is 2.29. The summed E-state index contributed by atoms with van der Waals surface area (Å²) in [6, 6.07) is 7.33. The van der Waals surface area contributed by atoms with Gasteiger partial charge in [0.2, 0.25) is 15.8 Å². The Balaban J connectivity index is 2.63. The molecule has 2 aromatic carbocycles. The minimum absolute atomic E-state index is 0.100. The molecule has 26 heavy (non-hydrogen) atoms. The van der Waals surface area contributed by atoms with Crippen LogP contribution in [0.3, 0.4) is 0 Å². The Morgan fingerprint density at radius 1 is 0.885 bits per heavy atom. The summed E-state index contributed by atoms with van der Waals surface area (Å²) in [6.07, 6.45) is 0. The lowest BCUT2D eigenvalue weighted by atomic mass is 10.2. The molecule has 0 radical (unpaired) electrons. The molecule has 0 saturated carbocycles. The number of carboxylic acids is 1. The number of hydrogen-bond donors (Lipinski definition) is 1. The summed E-state index contributed by atoms with van der Waals surface area (Å²) in [4.78, 5) is 8.83. The summed E-state index contributed by atoms with van der Waals surface area (Å²) < 4.78 is 92.5. The third kappa shape index (κ3) is 3.68. The van der Waals surface area contributed by atoms with Gasteiger partial charge in [-0.25, -0.2) is 30.4 Å². The molecule has 2 aromatic rings. The molecule has 1 N–H and O–H groups in total. The van der Waals surface area contributed by atoms with E-state index in [0.29, 0.717) is 0 Å².